The van der Waals surface area contributed by atoms with Crippen molar-refractivity contribution in [3.63, 3.8) is 0 Å². The lowest BCUT2D eigenvalue weighted by atomic mass is 9.71. The highest BCUT2D eigenvalue weighted by Crippen LogP contribution is 2.44. The molecule has 1 aliphatic heterocycles. The molecule has 1 saturated carbocycles. The molecule has 0 aromatic carbocycles. The largest absolute Gasteiger partial charge is 0.329 e. The molecule has 2 aliphatic rings. The van der Waals surface area contributed by atoms with Crippen molar-refractivity contribution in [1.82, 2.24) is 4.90 Å². The maximum atomic E-state index is 6.25. The Balaban J connectivity index is 2.25. The lowest BCUT2D eigenvalue weighted by molar-refractivity contribution is -0.0204. The highest BCUT2D eigenvalue weighted by molar-refractivity contribution is 5.04. The van der Waals surface area contributed by atoms with Crippen molar-refractivity contribution in [2.45, 2.75) is 83.3 Å². The van der Waals surface area contributed by atoms with Gasteiger partial charge in [-0.1, -0.05) is 26.7 Å². The zero-order valence-corrected chi connectivity index (χ0v) is 11.9. The van der Waals surface area contributed by atoms with Gasteiger partial charge in [0.25, 0.3) is 0 Å². The fourth-order valence-electron chi connectivity index (χ4n) is 4.46. The summed E-state index contributed by atoms with van der Waals surface area (Å²) >= 11 is 0. The normalized spacial score (nSPS) is 44.1. The van der Waals surface area contributed by atoms with Crippen LogP contribution in [0.15, 0.2) is 0 Å². The summed E-state index contributed by atoms with van der Waals surface area (Å²) in [6, 6.07) is 1.53. The predicted octanol–water partition coefficient (Wildman–Crippen LogP) is 3.16. The third-order valence-electron chi connectivity index (χ3n) is 5.54. The van der Waals surface area contributed by atoms with Crippen LogP contribution < -0.4 is 5.73 Å². The molecule has 0 radical (unpaired) electrons. The topological polar surface area (TPSA) is 29.3 Å². The van der Waals surface area contributed by atoms with E-state index in [1.165, 1.54) is 44.9 Å². The molecule has 4 atom stereocenters. The van der Waals surface area contributed by atoms with E-state index in [9.17, 15) is 0 Å². The number of nitrogens with two attached hydrogens (primary N) is 1. The highest BCUT2D eigenvalue weighted by Gasteiger charge is 2.48. The van der Waals surface area contributed by atoms with E-state index >= 15 is 0 Å². The van der Waals surface area contributed by atoms with Crippen LogP contribution in [0.4, 0.5) is 0 Å². The van der Waals surface area contributed by atoms with Gasteiger partial charge in [-0.2, -0.15) is 0 Å². The van der Waals surface area contributed by atoms with E-state index in [-0.39, 0.29) is 0 Å². The average molecular weight is 238 g/mol. The first-order chi connectivity index (χ1) is 8.15. The maximum Gasteiger partial charge on any atom is 0.0362 e. The standard InChI is InChI=1S/C15H30N2/c1-4-14-9-8-13(3)17(14)15(11-16)10-6-5-7-12(15)2/h12-14H,4-11,16H2,1-3H3. The van der Waals surface area contributed by atoms with E-state index in [0.717, 1.165) is 24.5 Å². The smallest absolute Gasteiger partial charge is 0.0362 e. The fraction of sp³-hybridized carbons (Fsp3) is 1.00. The Morgan fingerprint density at radius 1 is 1.18 bits per heavy atom. The second kappa shape index (κ2) is 5.27. The number of hydrogen-bond acceptors (Lipinski definition) is 2. The van der Waals surface area contributed by atoms with E-state index < -0.39 is 0 Å². The summed E-state index contributed by atoms with van der Waals surface area (Å²) < 4.78 is 0. The third-order valence-corrected chi connectivity index (χ3v) is 5.54. The molecular weight excluding hydrogens is 208 g/mol. The molecule has 17 heavy (non-hydrogen) atoms. The van der Waals surface area contributed by atoms with Gasteiger partial charge < -0.3 is 5.73 Å². The summed E-state index contributed by atoms with van der Waals surface area (Å²) in [6.07, 6.45) is 9.52. The average Bonchev–Trinajstić information content (AvgIpc) is 2.72. The number of likely N-dealkylation sites (tertiary alicyclic amines) is 1. The Morgan fingerprint density at radius 3 is 2.53 bits per heavy atom. The van der Waals surface area contributed by atoms with Gasteiger partial charge in [-0.3, -0.25) is 4.90 Å². The molecule has 0 amide bonds. The molecule has 0 spiro atoms. The first-order valence-corrected chi connectivity index (χ1v) is 7.64. The van der Waals surface area contributed by atoms with Gasteiger partial charge in [-0.15, -0.1) is 0 Å². The van der Waals surface area contributed by atoms with Crippen molar-refractivity contribution in [3.8, 4) is 0 Å². The SMILES string of the molecule is CCC1CCC(C)N1C1(CN)CCCCC1C. The van der Waals surface area contributed by atoms with Gasteiger partial charge >= 0.3 is 0 Å². The van der Waals surface area contributed by atoms with Gasteiger partial charge in [-0.25, -0.2) is 0 Å². The third kappa shape index (κ3) is 2.15. The van der Waals surface area contributed by atoms with E-state index in [2.05, 4.69) is 25.7 Å². The predicted molar refractivity (Wildman–Crippen MR) is 74.0 cm³/mol. The summed E-state index contributed by atoms with van der Waals surface area (Å²) in [5, 5.41) is 0. The minimum Gasteiger partial charge on any atom is -0.329 e. The van der Waals surface area contributed by atoms with Crippen LogP contribution in [0.1, 0.15) is 65.7 Å². The lowest BCUT2D eigenvalue weighted by Gasteiger charge is -2.52. The molecule has 0 bridgehead atoms. The van der Waals surface area contributed by atoms with Crippen LogP contribution >= 0.6 is 0 Å². The lowest BCUT2D eigenvalue weighted by Crippen LogP contribution is -2.62. The Kier molecular flexibility index (Phi) is 4.14. The summed E-state index contributed by atoms with van der Waals surface area (Å²) in [6.45, 7) is 8.04. The summed E-state index contributed by atoms with van der Waals surface area (Å²) in [5.41, 5.74) is 6.56. The Bertz CT molecular complexity index is 253. The summed E-state index contributed by atoms with van der Waals surface area (Å²) in [7, 11) is 0. The maximum absolute atomic E-state index is 6.25. The van der Waals surface area contributed by atoms with Gasteiger partial charge in [0.15, 0.2) is 0 Å². The van der Waals surface area contributed by atoms with Gasteiger partial charge in [0.1, 0.15) is 0 Å². The van der Waals surface area contributed by atoms with Crippen LogP contribution in [0.3, 0.4) is 0 Å². The molecule has 100 valence electrons. The molecule has 1 aliphatic carbocycles. The fourth-order valence-corrected chi connectivity index (χ4v) is 4.46. The molecule has 2 rings (SSSR count). The molecule has 4 unspecified atom stereocenters. The van der Waals surface area contributed by atoms with Crippen LogP contribution in [0.5, 0.6) is 0 Å². The van der Waals surface area contributed by atoms with Gasteiger partial charge in [0.05, 0.1) is 0 Å². The van der Waals surface area contributed by atoms with Crippen molar-refractivity contribution >= 4 is 0 Å². The molecule has 1 saturated heterocycles. The van der Waals surface area contributed by atoms with E-state index in [0.29, 0.717) is 5.54 Å². The van der Waals surface area contributed by atoms with Gasteiger partial charge in [0, 0.05) is 24.2 Å². The zero-order valence-electron chi connectivity index (χ0n) is 11.9. The first-order valence-electron chi connectivity index (χ1n) is 7.64. The van der Waals surface area contributed by atoms with Gasteiger partial charge in [0.2, 0.25) is 0 Å². The van der Waals surface area contributed by atoms with Crippen molar-refractivity contribution < 1.29 is 0 Å². The number of rotatable bonds is 3. The molecule has 2 N–H and O–H groups in total. The quantitative estimate of drug-likeness (QED) is 0.818. The minimum absolute atomic E-state index is 0.314. The molecule has 0 aromatic heterocycles. The second-order valence-corrected chi connectivity index (χ2v) is 6.35. The second-order valence-electron chi connectivity index (χ2n) is 6.35. The Hall–Kier alpha value is -0.0800. The van der Waals surface area contributed by atoms with Crippen LogP contribution in [0, 0.1) is 5.92 Å². The van der Waals surface area contributed by atoms with Gasteiger partial charge in [-0.05, 0) is 44.9 Å². The number of nitrogens with zero attached hydrogens (tertiary/aromatic N) is 1. The monoisotopic (exact) mass is 238 g/mol. The molecular formula is C15H30N2. The van der Waals surface area contributed by atoms with Crippen LogP contribution in [0.25, 0.3) is 0 Å². The summed E-state index contributed by atoms with van der Waals surface area (Å²) in [5.74, 6) is 0.774. The van der Waals surface area contributed by atoms with E-state index in [4.69, 9.17) is 5.73 Å². The van der Waals surface area contributed by atoms with Crippen molar-refractivity contribution in [2.75, 3.05) is 6.54 Å². The first kappa shape index (κ1) is 13.4. The van der Waals surface area contributed by atoms with Crippen molar-refractivity contribution in [2.24, 2.45) is 11.7 Å². The van der Waals surface area contributed by atoms with E-state index in [1.807, 2.05) is 0 Å². The van der Waals surface area contributed by atoms with Crippen LogP contribution in [-0.4, -0.2) is 29.1 Å². The molecule has 0 aromatic rings. The Labute approximate surface area is 107 Å². The van der Waals surface area contributed by atoms with Crippen LogP contribution in [0.2, 0.25) is 0 Å². The van der Waals surface area contributed by atoms with Crippen molar-refractivity contribution in [1.29, 1.82) is 0 Å². The zero-order chi connectivity index (χ0) is 12.5. The van der Waals surface area contributed by atoms with Crippen molar-refractivity contribution in [3.05, 3.63) is 0 Å². The molecule has 2 fully saturated rings. The number of hydrogen-bond donors (Lipinski definition) is 1. The molecule has 2 heteroatoms. The molecule has 2 nitrogen and oxygen atoms in total. The van der Waals surface area contributed by atoms with Crippen LogP contribution in [-0.2, 0) is 0 Å². The minimum atomic E-state index is 0.314. The van der Waals surface area contributed by atoms with E-state index in [1.54, 1.807) is 0 Å². The highest BCUT2D eigenvalue weighted by atomic mass is 15.3. The Morgan fingerprint density at radius 2 is 1.94 bits per heavy atom. The summed E-state index contributed by atoms with van der Waals surface area (Å²) in [4.78, 5) is 2.83. The molecule has 1 heterocycles.